The maximum absolute atomic E-state index is 14.1. The van der Waals surface area contributed by atoms with Gasteiger partial charge in [-0.3, -0.25) is 19.2 Å². The van der Waals surface area contributed by atoms with Gasteiger partial charge >= 0.3 is 11.9 Å². The average Bonchev–Trinajstić information content (AvgIpc) is 3.34. The Bertz CT molecular complexity index is 1510. The Hall–Kier alpha value is -2.26. The highest BCUT2D eigenvalue weighted by Gasteiger charge is 2.71. The average molecular weight is 741 g/mol. The number of aliphatic hydroxyl groups excluding tert-OH is 1. The number of ether oxygens (including phenoxy) is 1. The zero-order valence-corrected chi connectivity index (χ0v) is 35.4. The molecule has 4 fully saturated rings. The molecule has 0 unspecified atom stereocenters. The molecule has 5 rings (SSSR count). The Labute approximate surface area is 320 Å². The van der Waals surface area contributed by atoms with E-state index in [1.54, 1.807) is 13.8 Å². The summed E-state index contributed by atoms with van der Waals surface area (Å²) in [6.45, 7) is 24.0. The van der Waals surface area contributed by atoms with E-state index in [4.69, 9.17) is 4.74 Å². The monoisotopic (exact) mass is 741 g/mol. The molecule has 0 bridgehead atoms. The van der Waals surface area contributed by atoms with E-state index in [0.717, 1.165) is 56.9 Å². The number of aliphatic carboxylic acids is 1. The molecule has 0 heterocycles. The van der Waals surface area contributed by atoms with E-state index in [-0.39, 0.29) is 76.8 Å². The Kier molecular flexibility index (Phi) is 11.1. The molecule has 5 aliphatic carbocycles. The smallest absolute Gasteiger partial charge is 0.309 e. The SMILES string of the molecule is CC(C)C1=C2[C@H]3CC[C@@H]4[C@@]5(C)CC[C@H](OC(=O)CC(C)(C)C(=O)O)C(C)(C)[C@@H]5CC[C@@]4(C)[C@]3(C)CC[C@@]2([C@@H](O)CN(C(=O)CN(C)C)C(C)C)CC1=O. The summed E-state index contributed by atoms with van der Waals surface area (Å²) in [6.07, 6.45) is 6.58. The highest BCUT2D eigenvalue weighted by atomic mass is 16.5. The van der Waals surface area contributed by atoms with Crippen LogP contribution in [0.3, 0.4) is 0 Å². The highest BCUT2D eigenvalue weighted by molar-refractivity contribution is 6.00. The van der Waals surface area contributed by atoms with E-state index in [1.807, 2.05) is 37.7 Å². The number of Topliss-reactive ketones (excluding diaryl/α,β-unsaturated/α-hetero) is 1. The molecule has 0 spiro atoms. The van der Waals surface area contributed by atoms with Crippen molar-refractivity contribution < 1.29 is 34.1 Å². The molecule has 9 heteroatoms. The van der Waals surface area contributed by atoms with Crippen molar-refractivity contribution in [1.29, 1.82) is 0 Å². The van der Waals surface area contributed by atoms with Crippen molar-refractivity contribution in [2.24, 2.45) is 56.2 Å². The lowest BCUT2D eigenvalue weighted by Gasteiger charge is -2.72. The third kappa shape index (κ3) is 6.63. The Balaban J connectivity index is 1.46. The zero-order chi connectivity index (χ0) is 39.9. The third-order valence-electron chi connectivity index (χ3n) is 16.3. The Morgan fingerprint density at radius 3 is 2.09 bits per heavy atom. The second-order valence-electron chi connectivity index (χ2n) is 21.0. The number of amides is 1. The summed E-state index contributed by atoms with van der Waals surface area (Å²) in [6, 6.07) is -0.0683. The van der Waals surface area contributed by atoms with Gasteiger partial charge in [-0.05, 0) is 139 Å². The topological polar surface area (TPSA) is 124 Å². The number of ketones is 1. The fraction of sp³-hybridized carbons (Fsp3) is 0.864. The van der Waals surface area contributed by atoms with E-state index < -0.39 is 28.9 Å². The highest BCUT2D eigenvalue weighted by Crippen LogP contribution is 2.77. The van der Waals surface area contributed by atoms with E-state index >= 15 is 0 Å². The van der Waals surface area contributed by atoms with Gasteiger partial charge in [-0.2, -0.15) is 0 Å². The van der Waals surface area contributed by atoms with Gasteiger partial charge in [0.25, 0.3) is 0 Å². The Morgan fingerprint density at radius 1 is 0.887 bits per heavy atom. The molecular weight excluding hydrogens is 668 g/mol. The number of hydrogen-bond donors (Lipinski definition) is 2. The number of rotatable bonds is 11. The molecule has 2 N–H and O–H groups in total. The van der Waals surface area contributed by atoms with Gasteiger partial charge in [-0.25, -0.2) is 0 Å². The van der Waals surface area contributed by atoms with E-state index in [9.17, 15) is 29.4 Å². The van der Waals surface area contributed by atoms with Crippen LogP contribution >= 0.6 is 0 Å². The number of aliphatic hydroxyl groups is 1. The predicted octanol–water partition coefficient (Wildman–Crippen LogP) is 7.54. The lowest BCUT2D eigenvalue weighted by atomic mass is 9.33. The largest absolute Gasteiger partial charge is 0.481 e. The van der Waals surface area contributed by atoms with Gasteiger partial charge in [0.15, 0.2) is 5.78 Å². The number of hydrogen-bond acceptors (Lipinski definition) is 7. The van der Waals surface area contributed by atoms with Crippen LogP contribution in [0.25, 0.3) is 0 Å². The van der Waals surface area contributed by atoms with Crippen LogP contribution in [-0.2, 0) is 23.9 Å². The van der Waals surface area contributed by atoms with Gasteiger partial charge in [0.2, 0.25) is 5.91 Å². The number of carbonyl (C=O) groups is 4. The van der Waals surface area contributed by atoms with Crippen molar-refractivity contribution in [3.8, 4) is 0 Å². The molecule has 0 aromatic rings. The number of likely N-dealkylation sites (N-methyl/N-ethyl adjacent to an activating group) is 1. The van der Waals surface area contributed by atoms with Crippen LogP contribution in [0, 0.1) is 56.2 Å². The fourth-order valence-electron chi connectivity index (χ4n) is 13.2. The molecule has 0 saturated heterocycles. The third-order valence-corrected chi connectivity index (χ3v) is 16.3. The number of carboxylic acid groups (broad SMARTS) is 1. The van der Waals surface area contributed by atoms with Crippen molar-refractivity contribution in [1.82, 2.24) is 9.80 Å². The van der Waals surface area contributed by atoms with Crippen LogP contribution in [-0.4, -0.2) is 89.1 Å². The molecule has 9 nitrogen and oxygen atoms in total. The van der Waals surface area contributed by atoms with Gasteiger partial charge in [0.05, 0.1) is 24.5 Å². The van der Waals surface area contributed by atoms with Crippen molar-refractivity contribution >= 4 is 23.6 Å². The fourth-order valence-corrected chi connectivity index (χ4v) is 13.2. The van der Waals surface area contributed by atoms with Crippen LogP contribution in [0.5, 0.6) is 0 Å². The summed E-state index contributed by atoms with van der Waals surface area (Å²) >= 11 is 0. The summed E-state index contributed by atoms with van der Waals surface area (Å²) in [5.74, 6) is -0.215. The maximum atomic E-state index is 14.1. The zero-order valence-electron chi connectivity index (χ0n) is 35.4. The van der Waals surface area contributed by atoms with Gasteiger partial charge in [0.1, 0.15) is 6.10 Å². The summed E-state index contributed by atoms with van der Waals surface area (Å²) in [5.41, 5.74) is 0.0331. The summed E-state index contributed by atoms with van der Waals surface area (Å²) < 4.78 is 6.16. The molecule has 300 valence electrons. The van der Waals surface area contributed by atoms with Crippen LogP contribution in [0.15, 0.2) is 11.1 Å². The van der Waals surface area contributed by atoms with E-state index in [1.165, 1.54) is 5.57 Å². The molecule has 4 saturated carbocycles. The van der Waals surface area contributed by atoms with Gasteiger partial charge in [0, 0.05) is 29.8 Å². The number of esters is 1. The number of carboxylic acids is 1. The van der Waals surface area contributed by atoms with Crippen LogP contribution in [0.4, 0.5) is 0 Å². The minimum atomic E-state index is -1.18. The molecule has 0 aromatic heterocycles. The summed E-state index contributed by atoms with van der Waals surface area (Å²) in [4.78, 5) is 56.1. The molecule has 0 aromatic carbocycles. The normalized spacial score (nSPS) is 37.2. The molecule has 0 aliphatic heterocycles. The molecule has 0 radical (unpaired) electrons. The van der Waals surface area contributed by atoms with Crippen molar-refractivity contribution in [3.63, 3.8) is 0 Å². The van der Waals surface area contributed by atoms with Crippen molar-refractivity contribution in [3.05, 3.63) is 11.1 Å². The molecule has 5 aliphatic rings. The lowest BCUT2D eigenvalue weighted by molar-refractivity contribution is -0.235. The van der Waals surface area contributed by atoms with E-state index in [0.29, 0.717) is 18.3 Å². The quantitative estimate of drug-likeness (QED) is 0.208. The first kappa shape index (κ1) is 41.9. The second-order valence-corrected chi connectivity index (χ2v) is 21.0. The predicted molar refractivity (Wildman–Crippen MR) is 207 cm³/mol. The first-order valence-corrected chi connectivity index (χ1v) is 20.6. The first-order chi connectivity index (χ1) is 24.3. The van der Waals surface area contributed by atoms with Gasteiger partial charge in [-0.15, -0.1) is 0 Å². The standard InChI is InChI=1S/C44H72N2O7/c1-26(2)36-29(47)22-44(32(48)24-46(27(3)4)34(49)25-45(12)13)21-20-42(10)28(37(36)44)14-15-31-41(9)18-17-33(53-35(50)23-39(5,6)38(51)52)40(7,8)30(41)16-19-43(31,42)11/h26-28,30-33,48H,14-25H2,1-13H3,(H,51,52)/t28-,30+,31-,32+,33+,41+,42-,43-,44+/m1/s1. The van der Waals surface area contributed by atoms with Gasteiger partial charge < -0.3 is 24.7 Å². The minimum absolute atomic E-state index is 0.00503. The number of nitrogens with zero attached hydrogens (tertiary/aromatic N) is 2. The second kappa shape index (κ2) is 14.0. The number of allylic oxidation sites excluding steroid dienone is 1. The molecule has 1 amide bonds. The molecule has 53 heavy (non-hydrogen) atoms. The first-order valence-electron chi connectivity index (χ1n) is 20.6. The van der Waals surface area contributed by atoms with Crippen molar-refractivity contribution in [2.45, 2.75) is 159 Å². The number of carbonyl (C=O) groups excluding carboxylic acids is 3. The summed E-state index contributed by atoms with van der Waals surface area (Å²) in [7, 11) is 3.77. The van der Waals surface area contributed by atoms with Gasteiger partial charge in [-0.1, -0.05) is 54.0 Å². The van der Waals surface area contributed by atoms with Crippen LogP contribution < -0.4 is 0 Å². The van der Waals surface area contributed by atoms with E-state index in [2.05, 4.69) is 48.5 Å². The molecular formula is C44H72N2O7. The minimum Gasteiger partial charge on any atom is -0.481 e. The number of fused-ring (bicyclic) bond motifs is 7. The van der Waals surface area contributed by atoms with Crippen LogP contribution in [0.1, 0.15) is 140 Å². The Morgan fingerprint density at radius 2 is 1.53 bits per heavy atom. The summed E-state index contributed by atoms with van der Waals surface area (Å²) in [5, 5.41) is 22.0. The maximum Gasteiger partial charge on any atom is 0.309 e. The van der Waals surface area contributed by atoms with Crippen molar-refractivity contribution in [2.75, 3.05) is 27.2 Å². The lowest BCUT2D eigenvalue weighted by Crippen LogP contribution is -2.66. The van der Waals surface area contributed by atoms with Crippen LogP contribution in [0.2, 0.25) is 0 Å². The molecule has 9 atom stereocenters.